The van der Waals surface area contributed by atoms with E-state index < -0.39 is 0 Å². The molecular formula is C12H21BrN4. The van der Waals surface area contributed by atoms with E-state index in [-0.39, 0.29) is 0 Å². The van der Waals surface area contributed by atoms with E-state index in [0.29, 0.717) is 5.92 Å². The molecule has 0 aromatic carbocycles. The average molecular weight is 301 g/mol. The molecule has 1 aromatic heterocycles. The molecule has 0 aliphatic rings. The van der Waals surface area contributed by atoms with Crippen molar-refractivity contribution in [2.45, 2.75) is 33.6 Å². The summed E-state index contributed by atoms with van der Waals surface area (Å²) in [6.45, 7) is 8.28. The van der Waals surface area contributed by atoms with E-state index in [9.17, 15) is 0 Å². The van der Waals surface area contributed by atoms with Crippen LogP contribution in [0.2, 0.25) is 0 Å². The average Bonchev–Trinajstić information content (AvgIpc) is 2.35. The van der Waals surface area contributed by atoms with Crippen LogP contribution >= 0.6 is 15.9 Å². The second-order valence-corrected chi connectivity index (χ2v) is 4.77. The second kappa shape index (κ2) is 7.48. The Hall–Kier alpha value is -0.840. The maximum atomic E-state index is 4.25. The monoisotopic (exact) mass is 300 g/mol. The van der Waals surface area contributed by atoms with Crippen LogP contribution in [0.4, 0.5) is 11.6 Å². The van der Waals surface area contributed by atoms with Gasteiger partial charge in [0, 0.05) is 13.1 Å². The van der Waals surface area contributed by atoms with Gasteiger partial charge in [-0.15, -0.1) is 0 Å². The lowest BCUT2D eigenvalue weighted by atomic mass is 10.0. The molecule has 5 heteroatoms. The summed E-state index contributed by atoms with van der Waals surface area (Å²) in [6, 6.07) is 0. The third-order valence-electron chi connectivity index (χ3n) is 2.85. The fourth-order valence-corrected chi connectivity index (χ4v) is 2.09. The summed E-state index contributed by atoms with van der Waals surface area (Å²) < 4.78 is 0.910. The zero-order valence-electron chi connectivity index (χ0n) is 10.8. The maximum Gasteiger partial charge on any atom is 0.145 e. The van der Waals surface area contributed by atoms with Crippen molar-refractivity contribution in [3.63, 3.8) is 0 Å². The number of hydrogen-bond acceptors (Lipinski definition) is 4. The zero-order chi connectivity index (χ0) is 12.7. The predicted octanol–water partition coefficient (Wildman–Crippen LogP) is 3.52. The number of anilines is 2. The molecule has 4 nitrogen and oxygen atoms in total. The van der Waals surface area contributed by atoms with E-state index in [2.05, 4.69) is 50.4 Å². The van der Waals surface area contributed by atoms with Gasteiger partial charge in [-0.05, 0) is 28.8 Å². The minimum absolute atomic E-state index is 0.694. The first kappa shape index (κ1) is 14.2. The highest BCUT2D eigenvalue weighted by molar-refractivity contribution is 9.10. The first-order valence-electron chi connectivity index (χ1n) is 6.21. The van der Waals surface area contributed by atoms with Crippen LogP contribution in [0.15, 0.2) is 10.8 Å². The summed E-state index contributed by atoms with van der Waals surface area (Å²) in [4.78, 5) is 8.44. The van der Waals surface area contributed by atoms with Crippen molar-refractivity contribution in [1.82, 2.24) is 9.97 Å². The van der Waals surface area contributed by atoms with E-state index >= 15 is 0 Å². The highest BCUT2D eigenvalue weighted by atomic mass is 79.9. The zero-order valence-corrected chi connectivity index (χ0v) is 12.3. The van der Waals surface area contributed by atoms with Gasteiger partial charge in [0.15, 0.2) is 0 Å². The van der Waals surface area contributed by atoms with Gasteiger partial charge in [-0.25, -0.2) is 9.97 Å². The lowest BCUT2D eigenvalue weighted by molar-refractivity contribution is 0.518. The molecule has 0 saturated carbocycles. The molecule has 0 saturated heterocycles. The number of nitrogens with one attached hydrogen (secondary N) is 2. The molecule has 17 heavy (non-hydrogen) atoms. The van der Waals surface area contributed by atoms with Crippen molar-refractivity contribution in [1.29, 1.82) is 0 Å². The Labute approximate surface area is 112 Å². The summed E-state index contributed by atoms with van der Waals surface area (Å²) >= 11 is 3.53. The van der Waals surface area contributed by atoms with Crippen molar-refractivity contribution in [3.8, 4) is 0 Å². The molecule has 0 unspecified atom stereocenters. The summed E-state index contributed by atoms with van der Waals surface area (Å²) in [6.07, 6.45) is 3.95. The lowest BCUT2D eigenvalue weighted by Crippen LogP contribution is -2.14. The molecule has 0 spiro atoms. The largest absolute Gasteiger partial charge is 0.369 e. The molecule has 1 heterocycles. The Morgan fingerprint density at radius 3 is 2.24 bits per heavy atom. The van der Waals surface area contributed by atoms with Crippen molar-refractivity contribution in [2.24, 2.45) is 5.92 Å². The van der Waals surface area contributed by atoms with Crippen LogP contribution in [0.5, 0.6) is 0 Å². The molecule has 0 radical (unpaired) electrons. The normalized spacial score (nSPS) is 10.6. The molecule has 1 rings (SSSR count). The number of rotatable bonds is 7. The molecule has 2 N–H and O–H groups in total. The molecule has 0 fully saturated rings. The van der Waals surface area contributed by atoms with Crippen LogP contribution in [0.25, 0.3) is 0 Å². The van der Waals surface area contributed by atoms with Gasteiger partial charge in [0.2, 0.25) is 0 Å². The fraction of sp³-hybridized carbons (Fsp3) is 0.667. The summed E-state index contributed by atoms with van der Waals surface area (Å²) in [7, 11) is 0. The minimum Gasteiger partial charge on any atom is -0.369 e. The van der Waals surface area contributed by atoms with Gasteiger partial charge in [-0.1, -0.05) is 26.7 Å². The van der Waals surface area contributed by atoms with Crippen LogP contribution < -0.4 is 10.6 Å². The molecule has 1 aromatic rings. The lowest BCUT2D eigenvalue weighted by Gasteiger charge is -2.15. The fourth-order valence-electron chi connectivity index (χ4n) is 1.60. The van der Waals surface area contributed by atoms with E-state index in [1.807, 2.05) is 6.92 Å². The van der Waals surface area contributed by atoms with Gasteiger partial charge in [-0.3, -0.25) is 0 Å². The van der Waals surface area contributed by atoms with Crippen molar-refractivity contribution in [3.05, 3.63) is 10.8 Å². The first-order valence-corrected chi connectivity index (χ1v) is 7.00. The van der Waals surface area contributed by atoms with E-state index in [4.69, 9.17) is 0 Å². The number of nitrogens with zero attached hydrogens (tertiary/aromatic N) is 2. The third-order valence-corrected chi connectivity index (χ3v) is 3.60. The Kier molecular flexibility index (Phi) is 6.26. The highest BCUT2D eigenvalue weighted by Crippen LogP contribution is 2.26. The quantitative estimate of drug-likeness (QED) is 0.809. The first-order chi connectivity index (χ1) is 8.22. The van der Waals surface area contributed by atoms with E-state index in [1.165, 1.54) is 12.8 Å². The Balaban J connectivity index is 2.67. The third kappa shape index (κ3) is 4.15. The Morgan fingerprint density at radius 2 is 1.71 bits per heavy atom. The van der Waals surface area contributed by atoms with Crippen LogP contribution in [0.3, 0.4) is 0 Å². The molecule has 0 atom stereocenters. The number of halogens is 1. The van der Waals surface area contributed by atoms with Crippen molar-refractivity contribution < 1.29 is 0 Å². The van der Waals surface area contributed by atoms with Gasteiger partial charge >= 0.3 is 0 Å². The molecular weight excluding hydrogens is 280 g/mol. The summed E-state index contributed by atoms with van der Waals surface area (Å²) in [5, 5.41) is 6.57. The van der Waals surface area contributed by atoms with Gasteiger partial charge in [-0.2, -0.15) is 0 Å². The highest BCUT2D eigenvalue weighted by Gasteiger charge is 2.09. The molecule has 0 amide bonds. The van der Waals surface area contributed by atoms with E-state index in [1.54, 1.807) is 6.33 Å². The standard InChI is InChI=1S/C12H21BrN4/c1-4-9(5-2)7-15-12-10(13)11(14-6-3)16-8-17-12/h8-9H,4-7H2,1-3H3,(H2,14,15,16,17). The summed E-state index contributed by atoms with van der Waals surface area (Å²) in [5.41, 5.74) is 0. The van der Waals surface area contributed by atoms with Gasteiger partial charge in [0.05, 0.1) is 0 Å². The van der Waals surface area contributed by atoms with Gasteiger partial charge < -0.3 is 10.6 Å². The van der Waals surface area contributed by atoms with Crippen LogP contribution in [-0.4, -0.2) is 23.1 Å². The minimum atomic E-state index is 0.694. The Morgan fingerprint density at radius 1 is 1.12 bits per heavy atom. The van der Waals surface area contributed by atoms with Crippen molar-refractivity contribution in [2.75, 3.05) is 23.7 Å². The van der Waals surface area contributed by atoms with Gasteiger partial charge in [0.25, 0.3) is 0 Å². The number of aromatic nitrogens is 2. The van der Waals surface area contributed by atoms with Crippen LogP contribution in [0.1, 0.15) is 33.6 Å². The maximum absolute atomic E-state index is 4.25. The topological polar surface area (TPSA) is 49.8 Å². The molecule has 0 aliphatic heterocycles. The summed E-state index contributed by atoms with van der Waals surface area (Å²) in [5.74, 6) is 2.40. The SMILES string of the molecule is CCNc1ncnc(NCC(CC)CC)c1Br. The van der Waals surface area contributed by atoms with Crippen molar-refractivity contribution >= 4 is 27.6 Å². The Bertz CT molecular complexity index is 339. The van der Waals surface area contributed by atoms with Gasteiger partial charge in [0.1, 0.15) is 22.4 Å². The smallest absolute Gasteiger partial charge is 0.145 e. The number of hydrogen-bond donors (Lipinski definition) is 2. The van der Waals surface area contributed by atoms with E-state index in [0.717, 1.165) is 29.2 Å². The van der Waals surface area contributed by atoms with Crippen LogP contribution in [-0.2, 0) is 0 Å². The second-order valence-electron chi connectivity index (χ2n) is 3.98. The van der Waals surface area contributed by atoms with Crippen LogP contribution in [0, 0.1) is 5.92 Å². The molecule has 0 aliphatic carbocycles. The molecule has 96 valence electrons. The predicted molar refractivity (Wildman–Crippen MR) is 76.5 cm³/mol. The molecule has 0 bridgehead atoms.